The van der Waals surface area contributed by atoms with Crippen molar-refractivity contribution >= 4 is 125 Å². The van der Waals surface area contributed by atoms with E-state index in [2.05, 4.69) is 159 Å². The lowest BCUT2D eigenvalue weighted by molar-refractivity contribution is 1.08. The van der Waals surface area contributed by atoms with Gasteiger partial charge < -0.3 is 19.9 Å². The molecule has 0 radical (unpaired) electrons. The second kappa shape index (κ2) is 17.7. The van der Waals surface area contributed by atoms with Crippen LogP contribution in [0.3, 0.4) is 0 Å². The molecule has 0 saturated carbocycles. The van der Waals surface area contributed by atoms with Gasteiger partial charge in [-0.2, -0.15) is 0 Å². The second-order valence-corrected chi connectivity index (χ2v) is 21.1. The molecule has 4 N–H and O–H groups in total. The van der Waals surface area contributed by atoms with Crippen molar-refractivity contribution in [2.75, 3.05) is 0 Å². The zero-order chi connectivity index (χ0) is 45.8. The third-order valence-corrected chi connectivity index (χ3v) is 16.6. The van der Waals surface area contributed by atoms with E-state index in [1.165, 1.54) is 0 Å². The van der Waals surface area contributed by atoms with E-state index in [9.17, 15) is 0 Å². The highest BCUT2D eigenvalue weighted by molar-refractivity contribution is 8.00. The number of H-pyrrole nitrogens is 4. The van der Waals surface area contributed by atoms with E-state index in [1.54, 1.807) is 47.0 Å². The number of halogens is 1. The van der Waals surface area contributed by atoms with E-state index >= 15 is 0 Å². The summed E-state index contributed by atoms with van der Waals surface area (Å²) in [5.41, 5.74) is 2.64. The molecular formula is C56H35ClN8S4. The Morgan fingerprint density at radius 1 is 0.290 bits per heavy atom. The fraction of sp³-hybridized carbons (Fsp3) is 0. The van der Waals surface area contributed by atoms with Crippen LogP contribution < -0.4 is 22.0 Å². The monoisotopic (exact) mass is 982 g/mol. The molecule has 12 aromatic rings. The summed E-state index contributed by atoms with van der Waals surface area (Å²) < 4.78 is 0. The Kier molecular flexibility index (Phi) is 10.8. The molecular weight excluding hydrogens is 948 g/mol. The Balaban J connectivity index is 1.17. The van der Waals surface area contributed by atoms with Gasteiger partial charge in [0, 0.05) is 82.3 Å². The standard InChI is InChI=1S/C56H35ClN8S4/c57-40-31-30-39-47(48(40)69-35-22-11-4-12-23-35)56-64-51-38-26-15-29-43(68-34-20-9-3-10-21-34)46(38)54(62-51)60-49-36-24-13-27-41(66-32-16-5-1-6-17-32)44(36)53(58-49)59-50-37-25-14-28-42(67-33-18-7-2-8-19-33)45(37)55(61-50)63-52(39)65-56/h1-31H,(H4,58,59,60,61,62,63,64,65). The summed E-state index contributed by atoms with van der Waals surface area (Å²) in [4.78, 5) is 45.4. The first-order chi connectivity index (χ1) is 34.1. The first-order valence-corrected chi connectivity index (χ1v) is 25.8. The Hall–Kier alpha value is -7.19. The van der Waals surface area contributed by atoms with Crippen molar-refractivity contribution in [2.45, 2.75) is 39.2 Å². The van der Waals surface area contributed by atoms with Crippen LogP contribution in [0.2, 0.25) is 5.02 Å². The number of nitrogens with zero attached hydrogens (tertiary/aromatic N) is 4. The van der Waals surface area contributed by atoms with E-state index in [-0.39, 0.29) is 0 Å². The van der Waals surface area contributed by atoms with E-state index in [4.69, 9.17) is 31.6 Å². The number of hydrogen-bond acceptors (Lipinski definition) is 8. The van der Waals surface area contributed by atoms with Crippen molar-refractivity contribution in [3.05, 3.63) is 215 Å². The maximum absolute atomic E-state index is 7.21. The molecule has 0 amide bonds. The fourth-order valence-corrected chi connectivity index (χ4v) is 13.1. The number of aromatic amines is 4. The minimum Gasteiger partial charge on any atom is -0.324 e. The van der Waals surface area contributed by atoms with Crippen molar-refractivity contribution < 1.29 is 0 Å². The third-order valence-electron chi connectivity index (χ3n) is 11.9. The lowest BCUT2D eigenvalue weighted by atomic mass is 10.2. The number of hydrogen-bond donors (Lipinski definition) is 4. The minimum absolute atomic E-state index is 0.613. The molecule has 8 nitrogen and oxygen atoms in total. The summed E-state index contributed by atoms with van der Waals surface area (Å²) in [6.07, 6.45) is 0. The molecule has 0 atom stereocenters. The second-order valence-electron chi connectivity index (χ2n) is 16.2. The van der Waals surface area contributed by atoms with E-state index < -0.39 is 0 Å². The fourth-order valence-electron chi connectivity index (χ4n) is 8.82. The lowest BCUT2D eigenvalue weighted by Crippen LogP contribution is -2.10. The van der Waals surface area contributed by atoms with Crippen LogP contribution >= 0.6 is 58.6 Å². The molecule has 0 saturated heterocycles. The van der Waals surface area contributed by atoms with Gasteiger partial charge in [0.25, 0.3) is 0 Å². The van der Waals surface area contributed by atoms with Gasteiger partial charge in [0.05, 0.1) is 5.02 Å². The first-order valence-electron chi connectivity index (χ1n) is 22.1. The van der Waals surface area contributed by atoms with E-state index in [1.807, 2.05) is 48.5 Å². The first kappa shape index (κ1) is 42.0. The van der Waals surface area contributed by atoms with Gasteiger partial charge in [0.15, 0.2) is 0 Å². The van der Waals surface area contributed by atoms with Gasteiger partial charge in [-0.05, 0) is 78.9 Å². The average Bonchev–Trinajstić information content (AvgIpc) is 4.13. The smallest absolute Gasteiger partial charge is 0.143 e. The van der Waals surface area contributed by atoms with Crippen LogP contribution in [0.25, 0.3) is 43.1 Å². The summed E-state index contributed by atoms with van der Waals surface area (Å²) in [6.45, 7) is 0. The Bertz CT molecular complexity index is 4160. The van der Waals surface area contributed by atoms with Gasteiger partial charge in [-0.1, -0.05) is 168 Å². The molecule has 4 aromatic heterocycles. The maximum Gasteiger partial charge on any atom is 0.143 e. The van der Waals surface area contributed by atoms with Crippen LogP contribution in [0.5, 0.6) is 0 Å². The summed E-state index contributed by atoms with van der Waals surface area (Å²) in [5.74, 6) is 2.59. The van der Waals surface area contributed by atoms with Crippen molar-refractivity contribution in [3.8, 4) is 0 Å². The van der Waals surface area contributed by atoms with Crippen molar-refractivity contribution in [1.82, 2.24) is 19.9 Å². The summed E-state index contributed by atoms with van der Waals surface area (Å²) >= 11 is 13.9. The van der Waals surface area contributed by atoms with Crippen LogP contribution in [0, 0.1) is 0 Å². The van der Waals surface area contributed by atoms with Gasteiger partial charge in [0.2, 0.25) is 0 Å². The van der Waals surface area contributed by atoms with E-state index in [0.717, 1.165) is 82.3 Å². The van der Waals surface area contributed by atoms with Gasteiger partial charge in [-0.3, -0.25) is 0 Å². The van der Waals surface area contributed by atoms with Gasteiger partial charge in [0.1, 0.15) is 45.2 Å². The molecule has 13 heteroatoms. The molecule has 0 aliphatic carbocycles. The highest BCUT2D eigenvalue weighted by Gasteiger charge is 2.22. The van der Waals surface area contributed by atoms with Crippen LogP contribution in [-0.4, -0.2) is 19.9 Å². The van der Waals surface area contributed by atoms with Gasteiger partial charge in [-0.25, -0.2) is 20.0 Å². The van der Waals surface area contributed by atoms with Crippen molar-refractivity contribution in [1.29, 1.82) is 0 Å². The molecule has 0 fully saturated rings. The molecule has 0 unspecified atom stereocenters. The summed E-state index contributed by atoms with van der Waals surface area (Å²) in [5, 5.41) is 8.00. The maximum atomic E-state index is 7.21. The summed E-state index contributed by atoms with van der Waals surface area (Å²) in [6, 6.07) is 64.6. The van der Waals surface area contributed by atoms with Crippen LogP contribution in [-0.2, 0) is 0 Å². The van der Waals surface area contributed by atoms with Crippen LogP contribution in [0.15, 0.2) is 247 Å². The number of fused-ring (bicyclic) bond motifs is 20. The molecule has 1 aliphatic rings. The molecule has 1 aliphatic heterocycles. The lowest BCUT2D eigenvalue weighted by Gasteiger charge is -2.07. The minimum atomic E-state index is 0.613. The average molecular weight is 984 g/mol. The highest BCUT2D eigenvalue weighted by Crippen LogP contribution is 2.47. The highest BCUT2D eigenvalue weighted by atomic mass is 35.5. The molecule has 8 bridgehead atoms. The third kappa shape index (κ3) is 7.84. The van der Waals surface area contributed by atoms with Crippen LogP contribution in [0.4, 0.5) is 23.3 Å². The molecule has 5 heterocycles. The number of nitrogens with one attached hydrogen (secondary N) is 4. The van der Waals surface area contributed by atoms with Crippen molar-refractivity contribution in [3.63, 3.8) is 0 Å². The Labute approximate surface area is 416 Å². The predicted molar refractivity (Wildman–Crippen MR) is 284 cm³/mol. The normalized spacial score (nSPS) is 12.2. The molecule has 0 spiro atoms. The number of benzene rings is 8. The number of aromatic nitrogens is 4. The Morgan fingerprint density at radius 2 is 0.667 bits per heavy atom. The SMILES string of the molecule is Clc1ccc2c3[nH]c(c2c1Sc1ccccc1)N=c1[nH]c(c2c(Sc4ccccc4)cccc12)=Nc1[nH]c(c2c(Sc4ccccc4)cccc12)N=c1[nH]c(c2c(Sc4ccccc4)cccc12)=N3. The van der Waals surface area contributed by atoms with E-state index in [0.29, 0.717) is 50.2 Å². The largest absolute Gasteiger partial charge is 0.324 e. The molecule has 69 heavy (non-hydrogen) atoms. The molecule has 13 rings (SSSR count). The summed E-state index contributed by atoms with van der Waals surface area (Å²) in [7, 11) is 0. The zero-order valence-electron chi connectivity index (χ0n) is 36.2. The molecule has 8 aromatic carbocycles. The van der Waals surface area contributed by atoms with Gasteiger partial charge in [-0.15, -0.1) is 0 Å². The predicted octanol–water partition coefficient (Wildman–Crippen LogP) is 15.0. The van der Waals surface area contributed by atoms with Crippen LogP contribution in [0.1, 0.15) is 0 Å². The molecule has 330 valence electrons. The Morgan fingerprint density at radius 3 is 1.13 bits per heavy atom. The topological polar surface area (TPSA) is 113 Å². The quantitative estimate of drug-likeness (QED) is 0.121. The number of rotatable bonds is 8. The van der Waals surface area contributed by atoms with Crippen molar-refractivity contribution in [2.24, 2.45) is 20.0 Å². The van der Waals surface area contributed by atoms with Gasteiger partial charge >= 0.3 is 0 Å². The zero-order valence-corrected chi connectivity index (χ0v) is 40.2.